The Morgan fingerprint density at radius 3 is 2.46 bits per heavy atom. The average Bonchev–Trinajstić information content (AvgIpc) is 3.56. The zero-order valence-corrected chi connectivity index (χ0v) is 27.5. The SMILES string of the molecule is N[C@H]1NC(=O)[C@H]2NCN(c3ccccc3[C@@H]3/C=C/OC[C@@H]4O[C@H](Oc5c3cc3c(c5OCCO)C(=O)c5ccccc5C3=O)[C@@H](O)[C@H](O)[C@H]4O)[C@@H]2N1. The van der Waals surface area contributed by atoms with Gasteiger partial charge in [-0.25, -0.2) is 0 Å². The summed E-state index contributed by atoms with van der Waals surface area (Å²) in [6, 6.07) is 14.6. The number of anilines is 1. The van der Waals surface area contributed by atoms with Crippen molar-refractivity contribution in [2.75, 3.05) is 31.4 Å². The van der Waals surface area contributed by atoms with Gasteiger partial charge >= 0.3 is 0 Å². The number of carbonyl (C=O) groups excluding carboxylic acids is 3. The van der Waals surface area contributed by atoms with Gasteiger partial charge in [-0.3, -0.25) is 30.8 Å². The Kier molecular flexibility index (Phi) is 8.92. The number of benzene rings is 3. The van der Waals surface area contributed by atoms with Crippen LogP contribution in [-0.4, -0.2) is 114 Å². The number of carbonyl (C=O) groups is 3. The van der Waals surface area contributed by atoms with Crippen molar-refractivity contribution in [1.29, 1.82) is 0 Å². The average molecular weight is 716 g/mol. The molecule has 4 heterocycles. The van der Waals surface area contributed by atoms with Gasteiger partial charge in [0.15, 0.2) is 23.1 Å². The molecule has 9 N–H and O–H groups in total. The third kappa shape index (κ3) is 5.60. The highest BCUT2D eigenvalue weighted by molar-refractivity contribution is 6.29. The summed E-state index contributed by atoms with van der Waals surface area (Å²) >= 11 is 0. The summed E-state index contributed by atoms with van der Waals surface area (Å²) in [5.41, 5.74) is 7.93. The minimum atomic E-state index is -1.77. The summed E-state index contributed by atoms with van der Waals surface area (Å²) in [6.07, 6.45) is -6.02. The second-order valence-electron chi connectivity index (χ2n) is 13.1. The molecule has 16 nitrogen and oxygen atoms in total. The molecule has 272 valence electrons. The van der Waals surface area contributed by atoms with Crippen LogP contribution in [0.25, 0.3) is 0 Å². The minimum Gasteiger partial charge on any atom is -0.499 e. The third-order valence-electron chi connectivity index (χ3n) is 10.0. The Bertz CT molecular complexity index is 1960. The number of aliphatic hydroxyl groups excluding tert-OH is 4. The first-order chi connectivity index (χ1) is 25.2. The molecule has 1 amide bonds. The number of rotatable bonds is 5. The number of nitrogens with two attached hydrogens (primary N) is 1. The zero-order valence-electron chi connectivity index (χ0n) is 27.5. The normalized spacial score (nSPS) is 31.4. The van der Waals surface area contributed by atoms with Gasteiger partial charge in [-0.2, -0.15) is 0 Å². The molecule has 0 unspecified atom stereocenters. The molecule has 0 saturated carbocycles. The fourth-order valence-electron chi connectivity index (χ4n) is 7.51. The van der Waals surface area contributed by atoms with Crippen molar-refractivity contribution in [3.8, 4) is 11.5 Å². The van der Waals surface area contributed by atoms with Gasteiger partial charge in [-0.15, -0.1) is 0 Å². The van der Waals surface area contributed by atoms with E-state index in [9.17, 15) is 34.8 Å². The number of ether oxygens (including phenoxy) is 4. The number of para-hydroxylation sites is 1. The van der Waals surface area contributed by atoms with Crippen molar-refractivity contribution in [3.05, 3.63) is 100 Å². The Morgan fingerprint density at radius 1 is 0.923 bits per heavy atom. The molecule has 16 heteroatoms. The van der Waals surface area contributed by atoms with Crippen LogP contribution in [0, 0.1) is 0 Å². The lowest BCUT2D eigenvalue weighted by Gasteiger charge is -2.40. The molecule has 0 spiro atoms. The lowest BCUT2D eigenvalue weighted by molar-refractivity contribution is -0.277. The van der Waals surface area contributed by atoms with Crippen molar-refractivity contribution < 1.29 is 53.8 Å². The van der Waals surface area contributed by atoms with Crippen LogP contribution in [0.1, 0.15) is 48.9 Å². The third-order valence-corrected chi connectivity index (χ3v) is 10.0. The number of hydrogen-bond donors (Lipinski definition) is 8. The molecule has 8 rings (SSSR count). The number of fused-ring (bicyclic) bond motifs is 6. The highest BCUT2D eigenvalue weighted by Gasteiger charge is 2.48. The molecule has 3 saturated heterocycles. The molecule has 1 aliphatic carbocycles. The van der Waals surface area contributed by atoms with Gasteiger partial charge in [0.25, 0.3) is 0 Å². The van der Waals surface area contributed by atoms with E-state index in [1.807, 2.05) is 29.2 Å². The van der Waals surface area contributed by atoms with Crippen LogP contribution in [0.4, 0.5) is 5.69 Å². The molecule has 0 aromatic heterocycles. The van der Waals surface area contributed by atoms with Crippen molar-refractivity contribution in [3.63, 3.8) is 0 Å². The first-order valence-corrected chi connectivity index (χ1v) is 16.9. The summed E-state index contributed by atoms with van der Waals surface area (Å²) in [6.45, 7) is -0.738. The van der Waals surface area contributed by atoms with E-state index < -0.39 is 73.3 Å². The van der Waals surface area contributed by atoms with Crippen molar-refractivity contribution in [2.24, 2.45) is 5.73 Å². The van der Waals surface area contributed by atoms with E-state index in [1.54, 1.807) is 24.3 Å². The molecule has 52 heavy (non-hydrogen) atoms. The Balaban J connectivity index is 1.36. The van der Waals surface area contributed by atoms with Crippen molar-refractivity contribution in [2.45, 2.75) is 55.1 Å². The molecule has 3 aromatic rings. The summed E-state index contributed by atoms with van der Waals surface area (Å²) < 4.78 is 24.3. The Hall–Kier alpha value is -4.91. The highest BCUT2D eigenvalue weighted by atomic mass is 16.7. The van der Waals surface area contributed by atoms with Crippen LogP contribution in [0.5, 0.6) is 11.5 Å². The molecule has 5 aliphatic rings. The van der Waals surface area contributed by atoms with Gasteiger partial charge < -0.3 is 49.6 Å². The monoisotopic (exact) mass is 715 g/mol. The van der Waals surface area contributed by atoms with Crippen molar-refractivity contribution >= 4 is 23.2 Å². The smallest absolute Gasteiger partial charge is 0.242 e. The fourth-order valence-corrected chi connectivity index (χ4v) is 7.51. The van der Waals surface area contributed by atoms with E-state index in [4.69, 9.17) is 24.7 Å². The van der Waals surface area contributed by atoms with E-state index in [2.05, 4.69) is 16.0 Å². The minimum absolute atomic E-state index is 0.0172. The van der Waals surface area contributed by atoms with Gasteiger partial charge in [0.2, 0.25) is 12.2 Å². The molecule has 0 radical (unpaired) electrons. The molecular formula is C36H37N5O11. The second-order valence-corrected chi connectivity index (χ2v) is 13.1. The van der Waals surface area contributed by atoms with Crippen LogP contribution in [0.2, 0.25) is 0 Å². The van der Waals surface area contributed by atoms with Gasteiger partial charge in [-0.05, 0) is 23.8 Å². The van der Waals surface area contributed by atoms with Crippen LogP contribution in [0.3, 0.4) is 0 Å². The quantitative estimate of drug-likeness (QED) is 0.120. The first-order valence-electron chi connectivity index (χ1n) is 16.9. The lowest BCUT2D eigenvalue weighted by Crippen LogP contribution is -2.70. The molecule has 4 aliphatic heterocycles. The summed E-state index contributed by atoms with van der Waals surface area (Å²) in [4.78, 5) is 43.2. The predicted molar refractivity (Wildman–Crippen MR) is 180 cm³/mol. The van der Waals surface area contributed by atoms with Gasteiger partial charge in [0, 0.05) is 33.9 Å². The standard InChI is InChI=1S/C36H37N5O11/c37-36-39-33-25(34(48)40-36)38-15-41(33)22-8-4-3-5-17(22)16-9-11-49-14-23-28(45)29(46)30(47)35(51-23)52-31-20(16)13-21-24(32(31)50-12-10-42)27(44)19-7-2-1-6-18(19)26(21)43/h1-9,11,13,16,23,25,28-30,33,35-36,38-39,42,45-47H,10,12,14-15,37H2,(H,40,48)/b11-9+/t16-,23-,25-,28-,29+,30-,33-,35+,36+/m0/s1. The van der Waals surface area contributed by atoms with Crippen molar-refractivity contribution in [1.82, 2.24) is 16.0 Å². The van der Waals surface area contributed by atoms with E-state index >= 15 is 0 Å². The van der Waals surface area contributed by atoms with E-state index in [0.717, 1.165) is 0 Å². The number of hydrogen-bond acceptors (Lipinski definition) is 15. The lowest BCUT2D eigenvalue weighted by atomic mass is 9.79. The number of amides is 1. The zero-order chi connectivity index (χ0) is 36.3. The summed E-state index contributed by atoms with van der Waals surface area (Å²) in [5, 5.41) is 51.6. The van der Waals surface area contributed by atoms with Gasteiger partial charge in [0.05, 0.1) is 25.1 Å². The maximum Gasteiger partial charge on any atom is 0.242 e. The summed E-state index contributed by atoms with van der Waals surface area (Å²) in [5.74, 6) is -2.37. The largest absolute Gasteiger partial charge is 0.499 e. The first kappa shape index (κ1) is 34.2. The fraction of sp³-hybridized carbons (Fsp3) is 0.361. The van der Waals surface area contributed by atoms with Crippen LogP contribution >= 0.6 is 0 Å². The topological polar surface area (TPSA) is 234 Å². The van der Waals surface area contributed by atoms with E-state index in [-0.39, 0.29) is 65.1 Å². The van der Waals surface area contributed by atoms with Crippen LogP contribution in [-0.2, 0) is 14.3 Å². The molecular weight excluding hydrogens is 678 g/mol. The highest BCUT2D eigenvalue weighted by Crippen LogP contribution is 2.49. The van der Waals surface area contributed by atoms with Crippen LogP contribution < -0.4 is 36.1 Å². The summed E-state index contributed by atoms with van der Waals surface area (Å²) in [7, 11) is 0. The number of ketones is 2. The maximum atomic E-state index is 14.2. The molecule has 9 atom stereocenters. The molecule has 3 fully saturated rings. The number of allylic oxidation sites excluding steroid dienone is 1. The molecule has 3 aromatic carbocycles. The predicted octanol–water partition coefficient (Wildman–Crippen LogP) is -1.28. The Labute approximate surface area is 296 Å². The van der Waals surface area contributed by atoms with E-state index in [1.165, 1.54) is 18.4 Å². The number of nitrogens with one attached hydrogen (secondary N) is 3. The molecule has 2 bridgehead atoms. The second kappa shape index (κ2) is 13.6. The Morgan fingerprint density at radius 2 is 1.67 bits per heavy atom. The number of nitrogens with zero attached hydrogens (tertiary/aromatic N) is 1. The van der Waals surface area contributed by atoms with E-state index in [0.29, 0.717) is 11.3 Å². The van der Waals surface area contributed by atoms with Gasteiger partial charge in [-0.1, -0.05) is 42.5 Å². The number of aliphatic hydroxyl groups is 4. The maximum absolute atomic E-state index is 14.2. The van der Waals surface area contributed by atoms with Gasteiger partial charge in [0.1, 0.15) is 56.1 Å². The van der Waals surface area contributed by atoms with Crippen LogP contribution in [0.15, 0.2) is 66.9 Å².